The predicted molar refractivity (Wildman–Crippen MR) is 106 cm³/mol. The monoisotopic (exact) mass is 362 g/mol. The molecule has 1 atom stereocenters. The molecule has 0 aliphatic carbocycles. The molecular weight excluding hydrogens is 328 g/mol. The normalized spacial score (nSPS) is 18.3. The van der Waals surface area contributed by atoms with E-state index in [-0.39, 0.29) is 11.3 Å². The highest BCUT2D eigenvalue weighted by molar-refractivity contribution is 5.76. The summed E-state index contributed by atoms with van der Waals surface area (Å²) in [6.45, 7) is 11.3. The van der Waals surface area contributed by atoms with E-state index < -0.39 is 0 Å². The molecule has 1 aromatic rings. The molecule has 0 bridgehead atoms. The van der Waals surface area contributed by atoms with Gasteiger partial charge in [0.25, 0.3) is 0 Å². The van der Waals surface area contributed by atoms with E-state index in [1.807, 2.05) is 0 Å². The van der Waals surface area contributed by atoms with Crippen LogP contribution in [0.4, 0.5) is 5.69 Å². The third-order valence-electron chi connectivity index (χ3n) is 5.32. The molecule has 1 aromatic carbocycles. The molecule has 0 radical (unpaired) electrons. The zero-order valence-electron chi connectivity index (χ0n) is 17.1. The van der Waals surface area contributed by atoms with E-state index in [1.54, 1.807) is 7.11 Å². The maximum absolute atomic E-state index is 12.0. The number of carbonyl (C=O) groups excluding carboxylic acids is 1. The number of fused-ring (bicyclic) bond motifs is 1. The Morgan fingerprint density at radius 2 is 2.00 bits per heavy atom. The molecule has 0 fully saturated rings. The van der Waals surface area contributed by atoms with Crippen LogP contribution in [0, 0.1) is 5.92 Å². The van der Waals surface area contributed by atoms with Gasteiger partial charge in [0.2, 0.25) is 5.91 Å². The molecule has 0 aromatic heterocycles. The zero-order chi connectivity index (χ0) is 19.3. The highest BCUT2D eigenvalue weighted by Crippen LogP contribution is 2.47. The fourth-order valence-corrected chi connectivity index (χ4v) is 4.29. The van der Waals surface area contributed by atoms with Gasteiger partial charge in [-0.1, -0.05) is 39.8 Å². The summed E-state index contributed by atoms with van der Waals surface area (Å²) < 4.78 is 10.2. The topological polar surface area (TPSA) is 50.8 Å². The van der Waals surface area contributed by atoms with Crippen molar-refractivity contribution in [1.82, 2.24) is 5.32 Å². The van der Waals surface area contributed by atoms with Gasteiger partial charge in [-0.05, 0) is 23.1 Å². The standard InChI is InChI=1S/C21H34N2O3/c1-15(2)20-21(3,4)17-13-16(7-8-18(17)23(20)5)14-22-19(24)9-10-26-12-11-25-6/h7-8,13,15,20H,9-12,14H2,1-6H3,(H,22,24). The quantitative estimate of drug-likeness (QED) is 0.686. The van der Waals surface area contributed by atoms with Crippen LogP contribution in [0.3, 0.4) is 0 Å². The van der Waals surface area contributed by atoms with Crippen molar-refractivity contribution in [3.05, 3.63) is 29.3 Å². The number of benzene rings is 1. The molecule has 1 aliphatic heterocycles. The number of nitrogens with zero attached hydrogens (tertiary/aromatic N) is 1. The van der Waals surface area contributed by atoms with E-state index in [0.29, 0.717) is 44.7 Å². The van der Waals surface area contributed by atoms with Gasteiger partial charge in [-0.15, -0.1) is 0 Å². The van der Waals surface area contributed by atoms with E-state index in [1.165, 1.54) is 11.3 Å². The van der Waals surface area contributed by atoms with Gasteiger partial charge in [0, 0.05) is 44.3 Å². The Bertz CT molecular complexity index is 613. The van der Waals surface area contributed by atoms with Gasteiger partial charge in [0.1, 0.15) is 0 Å². The third-order valence-corrected chi connectivity index (χ3v) is 5.32. The molecule has 1 heterocycles. The number of rotatable bonds is 9. The molecule has 5 nitrogen and oxygen atoms in total. The minimum absolute atomic E-state index is 0.0133. The van der Waals surface area contributed by atoms with Gasteiger partial charge >= 0.3 is 0 Å². The van der Waals surface area contributed by atoms with Crippen molar-refractivity contribution < 1.29 is 14.3 Å². The van der Waals surface area contributed by atoms with Gasteiger partial charge in [0.15, 0.2) is 0 Å². The number of hydrogen-bond acceptors (Lipinski definition) is 4. The van der Waals surface area contributed by atoms with Crippen molar-refractivity contribution >= 4 is 11.6 Å². The van der Waals surface area contributed by atoms with Crippen LogP contribution in [-0.2, 0) is 26.2 Å². The number of carbonyl (C=O) groups is 1. The maximum Gasteiger partial charge on any atom is 0.222 e. The Morgan fingerprint density at radius 3 is 2.65 bits per heavy atom. The molecule has 146 valence electrons. The lowest BCUT2D eigenvalue weighted by molar-refractivity contribution is -0.122. The molecule has 0 saturated carbocycles. The Morgan fingerprint density at radius 1 is 1.27 bits per heavy atom. The second-order valence-electron chi connectivity index (χ2n) is 8.00. The summed E-state index contributed by atoms with van der Waals surface area (Å²) in [5.74, 6) is 0.586. The summed E-state index contributed by atoms with van der Waals surface area (Å²) in [7, 11) is 3.82. The van der Waals surface area contributed by atoms with Crippen molar-refractivity contribution in [3.8, 4) is 0 Å². The number of anilines is 1. The van der Waals surface area contributed by atoms with Crippen LogP contribution in [-0.4, -0.2) is 45.9 Å². The van der Waals surface area contributed by atoms with Crippen LogP contribution in [0.2, 0.25) is 0 Å². The molecule has 0 spiro atoms. The fourth-order valence-electron chi connectivity index (χ4n) is 4.29. The van der Waals surface area contributed by atoms with Gasteiger partial charge in [0.05, 0.1) is 19.8 Å². The second kappa shape index (κ2) is 8.87. The first-order chi connectivity index (χ1) is 12.3. The van der Waals surface area contributed by atoms with Crippen molar-refractivity contribution in [2.75, 3.05) is 38.9 Å². The summed E-state index contributed by atoms with van der Waals surface area (Å²) in [6.07, 6.45) is 0.373. The van der Waals surface area contributed by atoms with E-state index in [4.69, 9.17) is 9.47 Å². The summed E-state index contributed by atoms with van der Waals surface area (Å²) in [5.41, 5.74) is 3.90. The molecule has 5 heteroatoms. The van der Waals surface area contributed by atoms with E-state index in [9.17, 15) is 4.79 Å². The molecule has 1 unspecified atom stereocenters. The fraction of sp³-hybridized carbons (Fsp3) is 0.667. The second-order valence-corrected chi connectivity index (χ2v) is 8.00. The molecular formula is C21H34N2O3. The zero-order valence-corrected chi connectivity index (χ0v) is 17.1. The van der Waals surface area contributed by atoms with E-state index in [2.05, 4.69) is 63.2 Å². The molecule has 26 heavy (non-hydrogen) atoms. The smallest absolute Gasteiger partial charge is 0.222 e. The third kappa shape index (κ3) is 4.57. The Kier molecular flexibility index (Phi) is 7.07. The first kappa shape index (κ1) is 20.7. The van der Waals surface area contributed by atoms with Crippen molar-refractivity contribution in [2.24, 2.45) is 5.92 Å². The Labute approximate surface area is 158 Å². The summed E-state index contributed by atoms with van der Waals surface area (Å²) in [6, 6.07) is 7.04. The number of ether oxygens (including phenoxy) is 2. The number of amides is 1. The highest BCUT2D eigenvalue weighted by Gasteiger charge is 2.44. The Hall–Kier alpha value is -1.59. The first-order valence-electron chi connectivity index (χ1n) is 9.48. The molecule has 1 aliphatic rings. The number of methoxy groups -OCH3 is 1. The van der Waals surface area contributed by atoms with Crippen molar-refractivity contribution in [2.45, 2.75) is 52.1 Å². The van der Waals surface area contributed by atoms with Crippen LogP contribution >= 0.6 is 0 Å². The first-order valence-corrected chi connectivity index (χ1v) is 9.48. The summed E-state index contributed by atoms with van der Waals surface area (Å²) in [4.78, 5) is 14.4. The molecule has 1 amide bonds. The van der Waals surface area contributed by atoms with Crippen LogP contribution in [0.25, 0.3) is 0 Å². The van der Waals surface area contributed by atoms with Gasteiger partial charge in [-0.25, -0.2) is 0 Å². The molecule has 2 rings (SSSR count). The van der Waals surface area contributed by atoms with Gasteiger partial charge in [-0.3, -0.25) is 4.79 Å². The van der Waals surface area contributed by atoms with Crippen molar-refractivity contribution in [1.29, 1.82) is 0 Å². The lowest BCUT2D eigenvalue weighted by Gasteiger charge is -2.35. The average Bonchev–Trinajstić information content (AvgIpc) is 2.78. The largest absolute Gasteiger partial charge is 0.382 e. The van der Waals surface area contributed by atoms with Crippen LogP contribution in [0.5, 0.6) is 0 Å². The lowest BCUT2D eigenvalue weighted by Crippen LogP contribution is -2.43. The predicted octanol–water partition coefficient (Wildman–Crippen LogP) is 3.11. The minimum atomic E-state index is 0.0133. The maximum atomic E-state index is 12.0. The van der Waals surface area contributed by atoms with Crippen LogP contribution < -0.4 is 10.2 Å². The molecule has 0 saturated heterocycles. The van der Waals surface area contributed by atoms with Crippen LogP contribution in [0.1, 0.15) is 45.2 Å². The van der Waals surface area contributed by atoms with E-state index in [0.717, 1.165) is 5.56 Å². The van der Waals surface area contributed by atoms with Crippen molar-refractivity contribution in [3.63, 3.8) is 0 Å². The molecule has 1 N–H and O–H groups in total. The number of nitrogens with one attached hydrogen (secondary N) is 1. The van der Waals surface area contributed by atoms with Gasteiger partial charge in [-0.2, -0.15) is 0 Å². The minimum Gasteiger partial charge on any atom is -0.382 e. The van der Waals surface area contributed by atoms with Gasteiger partial charge < -0.3 is 19.7 Å². The SMILES string of the molecule is COCCOCCC(=O)NCc1ccc2c(c1)C(C)(C)C(C(C)C)N2C. The lowest BCUT2D eigenvalue weighted by atomic mass is 9.76. The summed E-state index contributed by atoms with van der Waals surface area (Å²) >= 11 is 0. The summed E-state index contributed by atoms with van der Waals surface area (Å²) in [5, 5.41) is 2.99. The average molecular weight is 363 g/mol. The number of hydrogen-bond donors (Lipinski definition) is 1. The Balaban J connectivity index is 1.94. The van der Waals surface area contributed by atoms with E-state index >= 15 is 0 Å². The number of likely N-dealkylation sites (N-methyl/N-ethyl adjacent to an activating group) is 1. The van der Waals surface area contributed by atoms with Crippen LogP contribution in [0.15, 0.2) is 18.2 Å². The highest BCUT2D eigenvalue weighted by atomic mass is 16.5.